The van der Waals surface area contributed by atoms with E-state index in [1.165, 1.54) is 17.0 Å². The summed E-state index contributed by atoms with van der Waals surface area (Å²) in [4.78, 5) is 29.4. The van der Waals surface area contributed by atoms with Gasteiger partial charge in [-0.25, -0.2) is 4.98 Å². The molecule has 0 aliphatic carbocycles. The Balaban J connectivity index is 1.77. The fraction of sp³-hybridized carbons (Fsp3) is 0.222. The molecule has 0 atom stereocenters. The number of nitro groups is 1. The van der Waals surface area contributed by atoms with Gasteiger partial charge in [0.15, 0.2) is 5.75 Å². The van der Waals surface area contributed by atoms with Gasteiger partial charge < -0.3 is 9.47 Å². The van der Waals surface area contributed by atoms with Crippen LogP contribution in [0.25, 0.3) is 10.9 Å². The molecule has 39 heavy (non-hydrogen) atoms. The van der Waals surface area contributed by atoms with Gasteiger partial charge in [0.2, 0.25) is 5.75 Å². The zero-order chi connectivity index (χ0) is 28.3. The van der Waals surface area contributed by atoms with Crippen LogP contribution in [0.15, 0.2) is 62.9 Å². The Morgan fingerprint density at radius 2 is 1.92 bits per heavy atom. The molecule has 3 aromatic carbocycles. The summed E-state index contributed by atoms with van der Waals surface area (Å²) in [6.45, 7) is 5.73. The molecule has 0 saturated heterocycles. The van der Waals surface area contributed by atoms with Gasteiger partial charge in [0.25, 0.3) is 5.56 Å². The maximum Gasteiger partial charge on any atom is 0.315 e. The van der Waals surface area contributed by atoms with Gasteiger partial charge in [-0.2, -0.15) is 9.78 Å². The van der Waals surface area contributed by atoms with E-state index in [0.29, 0.717) is 37.9 Å². The van der Waals surface area contributed by atoms with Gasteiger partial charge in [0, 0.05) is 37.6 Å². The minimum atomic E-state index is -0.570. The quantitative estimate of drug-likeness (QED) is 0.108. The number of rotatable bonds is 9. The lowest BCUT2D eigenvalue weighted by Crippen LogP contribution is -2.23. The molecule has 0 radical (unpaired) electrons. The number of nitrogens with zero attached hydrogens (tertiary/aromatic N) is 4. The van der Waals surface area contributed by atoms with Crippen molar-refractivity contribution < 1.29 is 14.4 Å². The predicted molar refractivity (Wildman–Crippen MR) is 156 cm³/mol. The maximum atomic E-state index is 13.3. The summed E-state index contributed by atoms with van der Waals surface area (Å²) in [5.74, 6) is 0.426. The third kappa shape index (κ3) is 6.41. The lowest BCUT2D eigenvalue weighted by molar-refractivity contribution is -0.386. The molecule has 4 rings (SSSR count). The normalized spacial score (nSPS) is 11.5. The lowest BCUT2D eigenvalue weighted by atomic mass is 10.1. The molecule has 9 nitrogen and oxygen atoms in total. The van der Waals surface area contributed by atoms with Crippen LogP contribution >= 0.6 is 39.1 Å². The Kier molecular flexibility index (Phi) is 8.89. The smallest absolute Gasteiger partial charge is 0.315 e. The van der Waals surface area contributed by atoms with E-state index in [1.807, 2.05) is 19.9 Å². The Morgan fingerprint density at radius 1 is 1.15 bits per heavy atom. The molecule has 0 fully saturated rings. The van der Waals surface area contributed by atoms with Crippen LogP contribution in [0, 0.1) is 10.1 Å². The molecule has 1 heterocycles. The monoisotopic (exact) mass is 632 g/mol. The van der Waals surface area contributed by atoms with E-state index in [4.69, 9.17) is 32.7 Å². The number of hydrogen-bond acceptors (Lipinski definition) is 7. The molecular formula is C27H23BrCl2N4O5. The van der Waals surface area contributed by atoms with E-state index in [9.17, 15) is 14.9 Å². The highest BCUT2D eigenvalue weighted by Crippen LogP contribution is 2.39. The predicted octanol–water partition coefficient (Wildman–Crippen LogP) is 7.36. The molecule has 202 valence electrons. The average molecular weight is 634 g/mol. The fourth-order valence-corrected chi connectivity index (χ4v) is 4.61. The molecule has 0 aliphatic heterocycles. The summed E-state index contributed by atoms with van der Waals surface area (Å²) in [5.41, 5.74) is 0.789. The van der Waals surface area contributed by atoms with Crippen molar-refractivity contribution >= 4 is 61.9 Å². The molecule has 0 bridgehead atoms. The Hall–Kier alpha value is -3.47. The highest BCUT2D eigenvalue weighted by molar-refractivity contribution is 9.10. The van der Waals surface area contributed by atoms with E-state index >= 15 is 0 Å². The second kappa shape index (κ2) is 12.1. The minimum Gasteiger partial charge on any atom is -0.490 e. The van der Waals surface area contributed by atoms with E-state index < -0.39 is 4.92 Å². The number of aromatic nitrogens is 2. The Morgan fingerprint density at radius 3 is 2.59 bits per heavy atom. The largest absolute Gasteiger partial charge is 0.490 e. The van der Waals surface area contributed by atoms with Crippen LogP contribution in [0.2, 0.25) is 10.0 Å². The summed E-state index contributed by atoms with van der Waals surface area (Å²) in [6, 6.07) is 13.0. The topological polar surface area (TPSA) is 109 Å². The SMILES string of the molecule is CCOc1cc(C=Nn2c(C(C)C)nc3ccc(Br)cc3c2=O)cc([N+](=O)[O-])c1OCc1ccc(Cl)cc1Cl. The fourth-order valence-electron chi connectivity index (χ4n) is 3.79. The van der Waals surface area contributed by atoms with Crippen LogP contribution in [0.3, 0.4) is 0 Å². The Bertz CT molecular complexity index is 1660. The van der Waals surface area contributed by atoms with Crippen molar-refractivity contribution in [1.29, 1.82) is 0 Å². The first-order valence-electron chi connectivity index (χ1n) is 11.9. The summed E-state index contributed by atoms with van der Waals surface area (Å²) < 4.78 is 13.4. The standard InChI is InChI=1S/C27H23BrCl2N4O5/c1-4-38-24-10-16(9-23(34(36)37)25(24)39-14-17-5-7-19(29)12-21(17)30)13-31-33-26(15(2)3)32-22-8-6-18(28)11-20(22)27(33)35/h5-13,15H,4,14H2,1-3H3. The summed E-state index contributed by atoms with van der Waals surface area (Å²) >= 11 is 15.6. The van der Waals surface area contributed by atoms with Crippen LogP contribution in [0.1, 0.15) is 43.6 Å². The van der Waals surface area contributed by atoms with Crippen LogP contribution in [0.4, 0.5) is 5.69 Å². The first-order valence-corrected chi connectivity index (χ1v) is 13.4. The van der Waals surface area contributed by atoms with Gasteiger partial charge in [0.05, 0.1) is 28.6 Å². The number of hydrogen-bond donors (Lipinski definition) is 0. The Labute approximate surface area is 242 Å². The van der Waals surface area contributed by atoms with Gasteiger partial charge in [-0.3, -0.25) is 14.9 Å². The molecule has 0 spiro atoms. The van der Waals surface area contributed by atoms with Crippen molar-refractivity contribution in [3.8, 4) is 11.5 Å². The number of benzene rings is 3. The molecule has 0 unspecified atom stereocenters. The van der Waals surface area contributed by atoms with Gasteiger partial charge >= 0.3 is 5.69 Å². The van der Waals surface area contributed by atoms with Gasteiger partial charge in [-0.05, 0) is 43.3 Å². The molecule has 0 N–H and O–H groups in total. The van der Waals surface area contributed by atoms with E-state index in [2.05, 4.69) is 26.0 Å². The third-order valence-electron chi connectivity index (χ3n) is 5.61. The number of halogens is 3. The van der Waals surface area contributed by atoms with Crippen molar-refractivity contribution in [2.75, 3.05) is 6.61 Å². The number of nitro benzene ring substituents is 1. The van der Waals surface area contributed by atoms with Crippen LogP contribution < -0.4 is 15.0 Å². The zero-order valence-corrected chi connectivity index (χ0v) is 24.2. The second-order valence-electron chi connectivity index (χ2n) is 8.73. The van der Waals surface area contributed by atoms with Crippen molar-refractivity contribution in [3.63, 3.8) is 0 Å². The second-order valence-corrected chi connectivity index (χ2v) is 10.5. The maximum absolute atomic E-state index is 13.3. The summed E-state index contributed by atoms with van der Waals surface area (Å²) in [7, 11) is 0. The highest BCUT2D eigenvalue weighted by atomic mass is 79.9. The number of ether oxygens (including phenoxy) is 2. The zero-order valence-electron chi connectivity index (χ0n) is 21.2. The molecule has 0 amide bonds. The number of fused-ring (bicyclic) bond motifs is 1. The highest BCUT2D eigenvalue weighted by Gasteiger charge is 2.23. The van der Waals surface area contributed by atoms with Crippen LogP contribution in [-0.2, 0) is 6.61 Å². The van der Waals surface area contributed by atoms with E-state index in [0.717, 1.165) is 4.47 Å². The van der Waals surface area contributed by atoms with E-state index in [1.54, 1.807) is 43.3 Å². The molecule has 0 saturated carbocycles. The minimum absolute atomic E-state index is 0.0458. The van der Waals surface area contributed by atoms with Crippen LogP contribution in [0.5, 0.6) is 11.5 Å². The summed E-state index contributed by atoms with van der Waals surface area (Å²) in [5, 5.41) is 17.6. The molecule has 12 heteroatoms. The molecule has 1 aromatic heterocycles. The van der Waals surface area contributed by atoms with Crippen molar-refractivity contribution in [1.82, 2.24) is 9.66 Å². The summed E-state index contributed by atoms with van der Waals surface area (Å²) in [6.07, 6.45) is 1.36. The van der Waals surface area contributed by atoms with E-state index in [-0.39, 0.29) is 41.9 Å². The van der Waals surface area contributed by atoms with Gasteiger partial charge in [0.1, 0.15) is 12.4 Å². The molecule has 0 aliphatic rings. The van der Waals surface area contributed by atoms with Gasteiger partial charge in [-0.15, -0.1) is 0 Å². The van der Waals surface area contributed by atoms with Crippen molar-refractivity contribution in [2.24, 2.45) is 5.10 Å². The molecular weight excluding hydrogens is 611 g/mol. The first-order chi connectivity index (χ1) is 18.6. The average Bonchev–Trinajstić information content (AvgIpc) is 2.88. The van der Waals surface area contributed by atoms with Crippen LogP contribution in [-0.4, -0.2) is 27.4 Å². The lowest BCUT2D eigenvalue weighted by Gasteiger charge is -2.14. The van der Waals surface area contributed by atoms with Gasteiger partial charge in [-0.1, -0.05) is 59.0 Å². The van der Waals surface area contributed by atoms with Crippen molar-refractivity contribution in [2.45, 2.75) is 33.3 Å². The third-order valence-corrected chi connectivity index (χ3v) is 6.69. The first kappa shape index (κ1) is 28.5. The molecule has 4 aromatic rings. The van der Waals surface area contributed by atoms with Crippen molar-refractivity contribution in [3.05, 3.63) is 100 Å².